The van der Waals surface area contributed by atoms with E-state index in [-0.39, 0.29) is 11.7 Å². The minimum absolute atomic E-state index is 0.0545. The average molecular weight is 431 g/mol. The Labute approximate surface area is 157 Å². The number of alkyl halides is 2. The molecule has 0 saturated carbocycles. The van der Waals surface area contributed by atoms with Crippen LogP contribution in [0.1, 0.15) is 15.2 Å². The lowest BCUT2D eigenvalue weighted by Crippen LogP contribution is -2.48. The zero-order valence-corrected chi connectivity index (χ0v) is 15.7. The van der Waals surface area contributed by atoms with E-state index >= 15 is 0 Å². The second-order valence-corrected chi connectivity index (χ2v) is 7.54. The first-order valence-corrected chi connectivity index (χ1v) is 9.48. The third-order valence-corrected chi connectivity index (χ3v) is 5.38. The summed E-state index contributed by atoms with van der Waals surface area (Å²) < 4.78 is 30.5. The van der Waals surface area contributed by atoms with E-state index in [2.05, 4.69) is 25.6 Å². The first kappa shape index (κ1) is 18.3. The fourth-order valence-electron chi connectivity index (χ4n) is 2.79. The molecule has 1 aromatic carbocycles. The Balaban J connectivity index is 1.61. The Hall–Kier alpha value is -1.51. The van der Waals surface area contributed by atoms with Crippen LogP contribution in [0, 0.1) is 0 Å². The molecule has 4 nitrogen and oxygen atoms in total. The average Bonchev–Trinajstić information content (AvgIpc) is 3.11. The number of hydrogen-bond acceptors (Lipinski definition) is 4. The molecule has 2 aromatic rings. The van der Waals surface area contributed by atoms with Gasteiger partial charge in [0.25, 0.3) is 5.91 Å². The van der Waals surface area contributed by atoms with Gasteiger partial charge in [-0.3, -0.25) is 9.69 Å². The van der Waals surface area contributed by atoms with Gasteiger partial charge in [0.15, 0.2) is 0 Å². The summed E-state index contributed by atoms with van der Waals surface area (Å²) in [5.74, 6) is 0.245. The topological polar surface area (TPSA) is 32.8 Å². The van der Waals surface area contributed by atoms with E-state index in [4.69, 9.17) is 0 Å². The summed E-state index contributed by atoms with van der Waals surface area (Å²) in [5, 5.41) is 1.89. The summed E-state index contributed by atoms with van der Waals surface area (Å²) in [6.45, 7) is 0.281. The van der Waals surface area contributed by atoms with E-state index in [9.17, 15) is 13.6 Å². The molecule has 0 atom stereocenters. The molecule has 2 heterocycles. The number of thiophene rings is 1. The van der Waals surface area contributed by atoms with Crippen LogP contribution < -0.4 is 4.74 Å². The van der Waals surface area contributed by atoms with E-state index in [1.807, 2.05) is 22.4 Å². The van der Waals surface area contributed by atoms with Gasteiger partial charge < -0.3 is 9.64 Å². The maximum absolute atomic E-state index is 12.6. The highest BCUT2D eigenvalue weighted by Gasteiger charge is 2.23. The molecule has 1 amide bonds. The molecule has 1 saturated heterocycles. The highest BCUT2D eigenvalue weighted by Crippen LogP contribution is 2.26. The number of carbonyl (C=O) groups is 1. The van der Waals surface area contributed by atoms with Crippen LogP contribution in [0.5, 0.6) is 5.75 Å². The number of rotatable bonds is 5. The number of amides is 1. The zero-order valence-electron chi connectivity index (χ0n) is 13.3. The van der Waals surface area contributed by atoms with Gasteiger partial charge in [0.05, 0.1) is 4.88 Å². The molecule has 1 aromatic heterocycles. The number of halogens is 3. The van der Waals surface area contributed by atoms with Crippen molar-refractivity contribution in [1.29, 1.82) is 0 Å². The predicted molar refractivity (Wildman–Crippen MR) is 96.3 cm³/mol. The summed E-state index contributed by atoms with van der Waals surface area (Å²) in [4.78, 5) is 17.1. The van der Waals surface area contributed by atoms with Gasteiger partial charge >= 0.3 is 6.61 Å². The van der Waals surface area contributed by atoms with E-state index in [0.717, 1.165) is 9.35 Å². The van der Waals surface area contributed by atoms with Crippen molar-refractivity contribution in [2.75, 3.05) is 26.2 Å². The van der Waals surface area contributed by atoms with Crippen molar-refractivity contribution in [3.8, 4) is 5.75 Å². The number of nitrogens with zero attached hydrogens (tertiary/aromatic N) is 2. The number of benzene rings is 1. The Morgan fingerprint density at radius 1 is 1.24 bits per heavy atom. The molecule has 25 heavy (non-hydrogen) atoms. The highest BCUT2D eigenvalue weighted by atomic mass is 79.9. The van der Waals surface area contributed by atoms with Crippen molar-refractivity contribution in [3.63, 3.8) is 0 Å². The Bertz CT molecular complexity index is 719. The van der Waals surface area contributed by atoms with Crippen molar-refractivity contribution in [2.45, 2.75) is 13.2 Å². The molecule has 0 N–H and O–H groups in total. The number of ether oxygens (including phenoxy) is 1. The molecule has 1 aliphatic heterocycles. The van der Waals surface area contributed by atoms with E-state index in [0.29, 0.717) is 38.3 Å². The summed E-state index contributed by atoms with van der Waals surface area (Å²) >= 11 is 4.80. The smallest absolute Gasteiger partial charge is 0.387 e. The molecule has 0 spiro atoms. The maximum atomic E-state index is 12.6. The summed E-state index contributed by atoms with van der Waals surface area (Å²) in [5.41, 5.74) is 0.702. The van der Waals surface area contributed by atoms with Crippen molar-refractivity contribution in [1.82, 2.24) is 9.80 Å². The van der Waals surface area contributed by atoms with Gasteiger partial charge in [-0.2, -0.15) is 8.78 Å². The highest BCUT2D eigenvalue weighted by molar-refractivity contribution is 9.10. The third-order valence-electron chi connectivity index (χ3n) is 4.02. The lowest BCUT2D eigenvalue weighted by atomic mass is 10.1. The molecule has 8 heteroatoms. The first-order valence-electron chi connectivity index (χ1n) is 7.81. The number of hydrogen-bond donors (Lipinski definition) is 0. The van der Waals surface area contributed by atoms with Crippen LogP contribution in [-0.4, -0.2) is 48.5 Å². The fraction of sp³-hybridized carbons (Fsp3) is 0.353. The number of piperazine rings is 1. The molecule has 1 aliphatic rings. The van der Waals surface area contributed by atoms with Gasteiger partial charge in [-0.05, 0) is 29.6 Å². The minimum atomic E-state index is -2.85. The molecule has 0 aliphatic carbocycles. The van der Waals surface area contributed by atoms with E-state index < -0.39 is 6.61 Å². The monoisotopic (exact) mass is 430 g/mol. The normalized spacial score (nSPS) is 15.6. The maximum Gasteiger partial charge on any atom is 0.387 e. The lowest BCUT2D eigenvalue weighted by molar-refractivity contribution is -0.0508. The second kappa shape index (κ2) is 8.25. The molecule has 0 unspecified atom stereocenters. The van der Waals surface area contributed by atoms with Crippen molar-refractivity contribution < 1.29 is 18.3 Å². The quantitative estimate of drug-likeness (QED) is 0.716. The van der Waals surface area contributed by atoms with Crippen LogP contribution in [-0.2, 0) is 6.54 Å². The van der Waals surface area contributed by atoms with Crippen LogP contribution >= 0.6 is 27.3 Å². The van der Waals surface area contributed by atoms with Crippen LogP contribution in [0.15, 0.2) is 40.2 Å². The summed E-state index contributed by atoms with van der Waals surface area (Å²) in [6, 6.07) is 8.71. The zero-order chi connectivity index (χ0) is 17.8. The lowest BCUT2D eigenvalue weighted by Gasteiger charge is -2.34. The van der Waals surface area contributed by atoms with Crippen LogP contribution in [0.2, 0.25) is 0 Å². The van der Waals surface area contributed by atoms with Crippen LogP contribution in [0.25, 0.3) is 0 Å². The Morgan fingerprint density at radius 3 is 2.64 bits per heavy atom. The van der Waals surface area contributed by atoms with Crippen molar-refractivity contribution in [2.24, 2.45) is 0 Å². The van der Waals surface area contributed by atoms with Crippen LogP contribution in [0.3, 0.4) is 0 Å². The minimum Gasteiger partial charge on any atom is -0.434 e. The van der Waals surface area contributed by atoms with Gasteiger partial charge in [-0.1, -0.05) is 22.0 Å². The molecule has 1 fully saturated rings. The standard InChI is InChI=1S/C17H17BrF2N2O2S/c18-13-3-4-14(24-17(19)20)12(10-13)11-21-5-7-22(8-6-21)16(23)15-2-1-9-25-15/h1-4,9-10,17H,5-8,11H2. The predicted octanol–water partition coefficient (Wildman–Crippen LogP) is 4.07. The second-order valence-electron chi connectivity index (χ2n) is 5.68. The van der Waals surface area contributed by atoms with E-state index in [1.54, 1.807) is 18.2 Å². The first-order chi connectivity index (χ1) is 12.0. The molecular weight excluding hydrogens is 414 g/mol. The molecular formula is C17H17BrF2N2O2S. The van der Waals surface area contributed by atoms with Crippen molar-refractivity contribution in [3.05, 3.63) is 50.6 Å². The summed E-state index contributed by atoms with van der Waals surface area (Å²) in [7, 11) is 0. The molecule has 0 radical (unpaired) electrons. The van der Waals surface area contributed by atoms with Gasteiger partial charge in [0, 0.05) is 42.8 Å². The molecule has 3 rings (SSSR count). The Morgan fingerprint density at radius 2 is 2.00 bits per heavy atom. The molecule has 134 valence electrons. The SMILES string of the molecule is O=C(c1cccs1)N1CCN(Cc2cc(Br)ccc2OC(F)F)CC1. The van der Waals surface area contributed by atoms with Crippen LogP contribution in [0.4, 0.5) is 8.78 Å². The number of carbonyl (C=O) groups excluding carboxylic acids is 1. The van der Waals surface area contributed by atoms with Gasteiger partial charge in [-0.25, -0.2) is 0 Å². The van der Waals surface area contributed by atoms with Gasteiger partial charge in [0.1, 0.15) is 5.75 Å². The van der Waals surface area contributed by atoms with Gasteiger partial charge in [0.2, 0.25) is 0 Å². The molecule has 0 bridgehead atoms. The van der Waals surface area contributed by atoms with Crippen molar-refractivity contribution >= 4 is 33.2 Å². The third kappa shape index (κ3) is 4.77. The fourth-order valence-corrected chi connectivity index (χ4v) is 3.89. The Kier molecular flexibility index (Phi) is 6.03. The largest absolute Gasteiger partial charge is 0.434 e. The van der Waals surface area contributed by atoms with E-state index in [1.165, 1.54) is 11.3 Å². The summed E-state index contributed by atoms with van der Waals surface area (Å²) in [6.07, 6.45) is 0. The van der Waals surface area contributed by atoms with Gasteiger partial charge in [-0.15, -0.1) is 11.3 Å².